The summed E-state index contributed by atoms with van der Waals surface area (Å²) in [5.41, 5.74) is 5.51. The number of benzene rings is 1. The van der Waals surface area contributed by atoms with Crippen molar-refractivity contribution in [3.05, 3.63) is 28.3 Å². The molecule has 2 aliphatic carbocycles. The van der Waals surface area contributed by atoms with Gasteiger partial charge < -0.3 is 10.6 Å². The van der Waals surface area contributed by atoms with Crippen molar-refractivity contribution < 1.29 is 18.0 Å². The summed E-state index contributed by atoms with van der Waals surface area (Å²) in [6.07, 6.45) is 5.85. The molecule has 26 heavy (non-hydrogen) atoms. The van der Waals surface area contributed by atoms with Crippen LogP contribution in [0.15, 0.2) is 6.07 Å². The number of hydrogen-bond donors (Lipinski definition) is 3. The van der Waals surface area contributed by atoms with E-state index in [9.17, 15) is 18.0 Å². The second-order valence-corrected chi connectivity index (χ2v) is 8.99. The highest BCUT2D eigenvalue weighted by Crippen LogP contribution is 2.38. The molecular weight excluding hydrogens is 354 g/mol. The molecule has 3 rings (SSSR count). The predicted molar refractivity (Wildman–Crippen MR) is 99.7 cm³/mol. The molecular formula is C18H25N3O4S. The van der Waals surface area contributed by atoms with Crippen molar-refractivity contribution >= 4 is 27.6 Å². The van der Waals surface area contributed by atoms with E-state index in [4.69, 9.17) is 0 Å². The second-order valence-electron chi connectivity index (χ2n) is 7.27. The van der Waals surface area contributed by atoms with Crippen LogP contribution < -0.4 is 15.4 Å². The smallest absolute Gasteiger partial charge is 0.332 e. The summed E-state index contributed by atoms with van der Waals surface area (Å²) in [7, 11) is -4.05. The molecule has 0 aromatic heterocycles. The van der Waals surface area contributed by atoms with Crippen molar-refractivity contribution in [3.8, 4) is 0 Å². The lowest BCUT2D eigenvalue weighted by atomic mass is 9.99. The van der Waals surface area contributed by atoms with E-state index in [1.54, 1.807) is 13.8 Å². The Labute approximate surface area is 154 Å². The zero-order valence-corrected chi connectivity index (χ0v) is 16.0. The second kappa shape index (κ2) is 7.26. The molecule has 7 nitrogen and oxygen atoms in total. The quantitative estimate of drug-likeness (QED) is 0.723. The Kier molecular flexibility index (Phi) is 5.22. The molecule has 0 saturated heterocycles. The molecule has 0 heterocycles. The number of aryl methyl sites for hydroxylation is 2. The first-order chi connectivity index (χ1) is 12.2. The zero-order chi connectivity index (χ0) is 18.9. The fourth-order valence-corrected chi connectivity index (χ4v) is 4.65. The van der Waals surface area contributed by atoms with Gasteiger partial charge in [0.2, 0.25) is 15.9 Å². The number of fused-ring (bicyclic) bond motifs is 2. The van der Waals surface area contributed by atoms with Crippen molar-refractivity contribution in [2.45, 2.75) is 58.4 Å². The van der Waals surface area contributed by atoms with Crippen LogP contribution >= 0.6 is 0 Å². The van der Waals surface area contributed by atoms with Crippen LogP contribution in [0.3, 0.4) is 0 Å². The Hall–Kier alpha value is -2.09. The third kappa shape index (κ3) is 4.17. The van der Waals surface area contributed by atoms with Crippen molar-refractivity contribution in [2.75, 3.05) is 11.1 Å². The maximum atomic E-state index is 12.3. The lowest BCUT2D eigenvalue weighted by molar-refractivity contribution is -0.119. The van der Waals surface area contributed by atoms with Crippen LogP contribution in [0.4, 0.5) is 10.5 Å². The van der Waals surface area contributed by atoms with E-state index >= 15 is 0 Å². The molecule has 0 aliphatic heterocycles. The highest BCUT2D eigenvalue weighted by molar-refractivity contribution is 7.90. The Morgan fingerprint density at radius 2 is 1.62 bits per heavy atom. The first-order valence-corrected chi connectivity index (χ1v) is 10.7. The molecule has 1 aromatic rings. The Morgan fingerprint density at radius 3 is 2.15 bits per heavy atom. The highest BCUT2D eigenvalue weighted by atomic mass is 32.2. The SMILES string of the molecule is CC(C)NC(=O)CS(=O)(=O)NC(=O)Nc1c2c(cc3c1CCC3)CCC2. The van der Waals surface area contributed by atoms with Crippen LogP contribution in [-0.4, -0.2) is 32.2 Å². The van der Waals surface area contributed by atoms with Gasteiger partial charge in [-0.05, 0) is 74.6 Å². The van der Waals surface area contributed by atoms with Crippen molar-refractivity contribution in [3.63, 3.8) is 0 Å². The van der Waals surface area contributed by atoms with E-state index in [0.717, 1.165) is 55.3 Å². The zero-order valence-electron chi connectivity index (χ0n) is 15.1. The van der Waals surface area contributed by atoms with E-state index in [2.05, 4.69) is 16.7 Å². The van der Waals surface area contributed by atoms with Gasteiger partial charge in [-0.2, -0.15) is 0 Å². The predicted octanol–water partition coefficient (Wildman–Crippen LogP) is 1.64. The standard InChI is InChI=1S/C18H25N3O4S/c1-11(2)19-16(22)10-26(24,25)21-18(23)20-17-14-7-3-5-12(14)9-13-6-4-8-15(13)17/h9,11H,3-8,10H2,1-2H3,(H,19,22)(H2,20,21,23). The van der Waals surface area contributed by atoms with Gasteiger partial charge in [-0.1, -0.05) is 6.07 Å². The number of amides is 3. The summed E-state index contributed by atoms with van der Waals surface area (Å²) in [5, 5.41) is 5.25. The van der Waals surface area contributed by atoms with Crippen LogP contribution in [0.1, 0.15) is 48.9 Å². The molecule has 0 radical (unpaired) electrons. The van der Waals surface area contributed by atoms with E-state index < -0.39 is 27.7 Å². The largest absolute Gasteiger partial charge is 0.353 e. The maximum absolute atomic E-state index is 12.3. The van der Waals surface area contributed by atoms with E-state index in [0.29, 0.717) is 0 Å². The molecule has 3 N–H and O–H groups in total. The maximum Gasteiger partial charge on any atom is 0.332 e. The minimum atomic E-state index is -4.05. The van der Waals surface area contributed by atoms with Gasteiger partial charge in [-0.15, -0.1) is 0 Å². The molecule has 142 valence electrons. The van der Waals surface area contributed by atoms with Crippen molar-refractivity contribution in [1.82, 2.24) is 10.0 Å². The van der Waals surface area contributed by atoms with E-state index in [1.807, 2.05) is 4.72 Å². The van der Waals surface area contributed by atoms with Gasteiger partial charge >= 0.3 is 6.03 Å². The summed E-state index contributed by atoms with van der Waals surface area (Å²) >= 11 is 0. The molecule has 0 atom stereocenters. The third-order valence-corrected chi connectivity index (χ3v) is 5.87. The Morgan fingerprint density at radius 1 is 1.04 bits per heavy atom. The first kappa shape index (κ1) is 18.7. The normalized spacial score (nSPS) is 15.5. The number of anilines is 1. The minimum absolute atomic E-state index is 0.166. The number of hydrogen-bond acceptors (Lipinski definition) is 4. The average Bonchev–Trinajstić information content (AvgIpc) is 3.12. The van der Waals surface area contributed by atoms with Gasteiger partial charge in [0.05, 0.1) is 0 Å². The molecule has 0 bridgehead atoms. The van der Waals surface area contributed by atoms with Gasteiger partial charge in [0, 0.05) is 11.7 Å². The molecule has 0 spiro atoms. The van der Waals surface area contributed by atoms with E-state index in [-0.39, 0.29) is 6.04 Å². The number of urea groups is 1. The summed E-state index contributed by atoms with van der Waals surface area (Å²) in [6, 6.07) is 1.26. The monoisotopic (exact) mass is 379 g/mol. The van der Waals surface area contributed by atoms with Gasteiger partial charge in [-0.3, -0.25) is 4.79 Å². The number of sulfonamides is 1. The Bertz CT molecular complexity index is 814. The van der Waals surface area contributed by atoms with Crippen LogP contribution in [0, 0.1) is 0 Å². The molecule has 1 aromatic carbocycles. The van der Waals surface area contributed by atoms with Crippen LogP contribution in [-0.2, 0) is 40.5 Å². The van der Waals surface area contributed by atoms with Crippen LogP contribution in [0.2, 0.25) is 0 Å². The molecule has 0 unspecified atom stereocenters. The average molecular weight is 379 g/mol. The van der Waals surface area contributed by atoms with Crippen LogP contribution in [0.25, 0.3) is 0 Å². The highest BCUT2D eigenvalue weighted by Gasteiger charge is 2.26. The molecule has 2 aliphatic rings. The Balaban J connectivity index is 1.72. The van der Waals surface area contributed by atoms with Gasteiger partial charge in [0.15, 0.2) is 0 Å². The van der Waals surface area contributed by atoms with Crippen molar-refractivity contribution in [2.24, 2.45) is 0 Å². The lowest BCUT2D eigenvalue weighted by Gasteiger charge is -2.16. The van der Waals surface area contributed by atoms with Crippen molar-refractivity contribution in [1.29, 1.82) is 0 Å². The topological polar surface area (TPSA) is 104 Å². The fourth-order valence-electron chi connectivity index (χ4n) is 3.82. The van der Waals surface area contributed by atoms with Crippen LogP contribution in [0.5, 0.6) is 0 Å². The number of carbonyl (C=O) groups excluding carboxylic acids is 2. The summed E-state index contributed by atoms with van der Waals surface area (Å²) < 4.78 is 26.1. The first-order valence-electron chi connectivity index (χ1n) is 9.02. The minimum Gasteiger partial charge on any atom is -0.353 e. The lowest BCUT2D eigenvalue weighted by Crippen LogP contribution is -2.42. The van der Waals surface area contributed by atoms with Gasteiger partial charge in [0.1, 0.15) is 5.75 Å². The number of rotatable bonds is 5. The molecule has 0 fully saturated rings. The number of carbonyl (C=O) groups is 2. The summed E-state index contributed by atoms with van der Waals surface area (Å²) in [4.78, 5) is 24.0. The summed E-state index contributed by atoms with van der Waals surface area (Å²) in [5.74, 6) is -1.41. The summed E-state index contributed by atoms with van der Waals surface area (Å²) in [6.45, 7) is 3.47. The fraction of sp³-hybridized carbons (Fsp3) is 0.556. The molecule has 8 heteroatoms. The van der Waals surface area contributed by atoms with E-state index in [1.165, 1.54) is 11.1 Å². The third-order valence-electron chi connectivity index (χ3n) is 4.73. The molecule has 3 amide bonds. The van der Waals surface area contributed by atoms with Gasteiger partial charge in [0.25, 0.3) is 0 Å². The van der Waals surface area contributed by atoms with Gasteiger partial charge in [-0.25, -0.2) is 17.9 Å². The number of nitrogens with one attached hydrogen (secondary N) is 3. The molecule has 0 saturated carbocycles.